The Labute approximate surface area is 119 Å². The van der Waals surface area contributed by atoms with Gasteiger partial charge in [0.15, 0.2) is 0 Å². The molecule has 1 aromatic heterocycles. The third kappa shape index (κ3) is 2.51. The van der Waals surface area contributed by atoms with Gasteiger partial charge in [0.2, 0.25) is 0 Å². The van der Waals surface area contributed by atoms with Gasteiger partial charge in [-0.25, -0.2) is 9.97 Å². The van der Waals surface area contributed by atoms with Gasteiger partial charge in [-0.15, -0.1) is 0 Å². The predicted molar refractivity (Wildman–Crippen MR) is 80.7 cm³/mol. The highest BCUT2D eigenvalue weighted by atomic mass is 15.2. The molecule has 4 nitrogen and oxygen atoms in total. The molecule has 4 heteroatoms. The van der Waals surface area contributed by atoms with Gasteiger partial charge < -0.3 is 10.2 Å². The molecule has 0 bridgehead atoms. The van der Waals surface area contributed by atoms with Crippen LogP contribution in [0.25, 0.3) is 0 Å². The maximum Gasteiger partial charge on any atom is 0.147 e. The van der Waals surface area contributed by atoms with Gasteiger partial charge in [-0.05, 0) is 43.7 Å². The zero-order valence-corrected chi connectivity index (χ0v) is 12.0. The fourth-order valence-electron chi connectivity index (χ4n) is 2.67. The van der Waals surface area contributed by atoms with Crippen LogP contribution in [0.2, 0.25) is 0 Å². The summed E-state index contributed by atoms with van der Waals surface area (Å²) in [5.74, 6) is 0.882. The van der Waals surface area contributed by atoms with E-state index in [1.807, 2.05) is 13.1 Å². The molecule has 104 valence electrons. The van der Waals surface area contributed by atoms with Crippen molar-refractivity contribution in [1.29, 1.82) is 0 Å². The molecule has 0 saturated carbocycles. The third-order valence-corrected chi connectivity index (χ3v) is 3.98. The van der Waals surface area contributed by atoms with Crippen molar-refractivity contribution in [2.45, 2.75) is 25.9 Å². The lowest BCUT2D eigenvalue weighted by atomic mass is 10.0. The molecular weight excluding hydrogens is 248 g/mol. The molecule has 0 amide bonds. The van der Waals surface area contributed by atoms with Crippen LogP contribution in [0.5, 0.6) is 0 Å². The molecule has 3 rings (SSSR count). The summed E-state index contributed by atoms with van der Waals surface area (Å²) < 4.78 is 0. The first-order valence-corrected chi connectivity index (χ1v) is 7.09. The average Bonchev–Trinajstić information content (AvgIpc) is 2.90. The number of hydrogen-bond donors (Lipinski definition) is 1. The minimum Gasteiger partial charge on any atom is -0.363 e. The minimum atomic E-state index is 0.395. The number of nitrogens with one attached hydrogen (secondary N) is 1. The summed E-state index contributed by atoms with van der Waals surface area (Å²) in [6.07, 6.45) is 4.71. The number of nitrogens with zero attached hydrogens (tertiary/aromatic N) is 3. The number of hydrogen-bond acceptors (Lipinski definition) is 4. The number of benzene rings is 1. The van der Waals surface area contributed by atoms with E-state index in [-0.39, 0.29) is 0 Å². The van der Waals surface area contributed by atoms with E-state index in [1.165, 1.54) is 16.8 Å². The lowest BCUT2D eigenvalue weighted by Gasteiger charge is -2.19. The lowest BCUT2D eigenvalue weighted by molar-refractivity contribution is 0.652. The van der Waals surface area contributed by atoms with Gasteiger partial charge >= 0.3 is 0 Å². The van der Waals surface area contributed by atoms with Crippen LogP contribution >= 0.6 is 0 Å². The molecule has 1 N–H and O–H groups in total. The molecule has 0 aliphatic carbocycles. The summed E-state index contributed by atoms with van der Waals surface area (Å²) in [7, 11) is 2.00. The quantitative estimate of drug-likeness (QED) is 0.924. The highest BCUT2D eigenvalue weighted by molar-refractivity contribution is 5.59. The fourth-order valence-corrected chi connectivity index (χ4v) is 2.67. The molecule has 1 aliphatic rings. The second-order valence-corrected chi connectivity index (χ2v) is 5.24. The fraction of sp³-hybridized carbons (Fsp3) is 0.375. The maximum absolute atomic E-state index is 4.31. The normalized spacial score (nSPS) is 15.2. The van der Waals surface area contributed by atoms with E-state index in [9.17, 15) is 0 Å². The van der Waals surface area contributed by atoms with Crippen molar-refractivity contribution < 1.29 is 0 Å². The molecule has 0 radical (unpaired) electrons. The predicted octanol–water partition coefficient (Wildman–Crippen LogP) is 2.32. The topological polar surface area (TPSA) is 41.0 Å². The molecule has 0 fully saturated rings. The molecule has 1 aromatic carbocycles. The van der Waals surface area contributed by atoms with Gasteiger partial charge in [-0.2, -0.15) is 0 Å². The molecule has 1 unspecified atom stereocenters. The first kappa shape index (κ1) is 13.1. The van der Waals surface area contributed by atoms with Crippen LogP contribution in [0.1, 0.15) is 29.9 Å². The van der Waals surface area contributed by atoms with Crippen molar-refractivity contribution in [3.05, 3.63) is 53.6 Å². The maximum atomic E-state index is 4.31. The van der Waals surface area contributed by atoms with Crippen LogP contribution in [0.15, 0.2) is 36.7 Å². The van der Waals surface area contributed by atoms with Crippen molar-refractivity contribution in [2.24, 2.45) is 0 Å². The number of fused-ring (bicyclic) bond motifs is 1. The molecule has 1 aliphatic heterocycles. The van der Waals surface area contributed by atoms with Crippen molar-refractivity contribution in [3.63, 3.8) is 0 Å². The largest absolute Gasteiger partial charge is 0.363 e. The van der Waals surface area contributed by atoms with Gasteiger partial charge in [-0.3, -0.25) is 0 Å². The van der Waals surface area contributed by atoms with E-state index < -0.39 is 0 Å². The molecule has 1 atom stereocenters. The average molecular weight is 268 g/mol. The smallest absolute Gasteiger partial charge is 0.147 e. The summed E-state index contributed by atoms with van der Waals surface area (Å²) in [6.45, 7) is 4.02. The molecular formula is C16H20N4. The van der Waals surface area contributed by atoms with Crippen LogP contribution in [0, 0.1) is 0 Å². The molecule has 0 saturated heterocycles. The van der Waals surface area contributed by atoms with Gasteiger partial charge in [0.05, 0.1) is 6.54 Å². The number of anilines is 1. The Morgan fingerprint density at radius 3 is 2.85 bits per heavy atom. The zero-order chi connectivity index (χ0) is 13.9. The number of aromatic nitrogens is 2. The lowest BCUT2D eigenvalue weighted by Crippen LogP contribution is -2.21. The molecule has 2 aromatic rings. The first-order chi connectivity index (χ1) is 9.78. The molecule has 2 heterocycles. The van der Waals surface area contributed by atoms with Gasteiger partial charge in [0.1, 0.15) is 5.82 Å². The van der Waals surface area contributed by atoms with Crippen LogP contribution in [0.3, 0.4) is 0 Å². The van der Waals surface area contributed by atoms with Gasteiger partial charge in [0, 0.05) is 30.7 Å². The van der Waals surface area contributed by atoms with Crippen LogP contribution in [-0.4, -0.2) is 23.6 Å². The Morgan fingerprint density at radius 2 is 2.10 bits per heavy atom. The highest BCUT2D eigenvalue weighted by Crippen LogP contribution is 2.31. The van der Waals surface area contributed by atoms with Gasteiger partial charge in [-0.1, -0.05) is 12.1 Å². The summed E-state index contributed by atoms with van der Waals surface area (Å²) in [5.41, 5.74) is 4.11. The number of rotatable bonds is 4. The van der Waals surface area contributed by atoms with E-state index in [4.69, 9.17) is 0 Å². The molecule has 0 spiro atoms. The van der Waals surface area contributed by atoms with Crippen molar-refractivity contribution in [1.82, 2.24) is 15.3 Å². The Kier molecular flexibility index (Phi) is 3.65. The SMILES string of the molecule is CNC(C)c1ccc2c(c1)CCN2Cc1ncccn1. The summed E-state index contributed by atoms with van der Waals surface area (Å²) in [5, 5.41) is 3.29. The van der Waals surface area contributed by atoms with Crippen molar-refractivity contribution in [2.75, 3.05) is 18.5 Å². The van der Waals surface area contributed by atoms with E-state index in [0.717, 1.165) is 25.3 Å². The summed E-state index contributed by atoms with van der Waals surface area (Å²) in [4.78, 5) is 11.0. The second kappa shape index (κ2) is 5.59. The van der Waals surface area contributed by atoms with E-state index >= 15 is 0 Å². The van der Waals surface area contributed by atoms with Crippen LogP contribution in [-0.2, 0) is 13.0 Å². The van der Waals surface area contributed by atoms with Crippen LogP contribution in [0.4, 0.5) is 5.69 Å². The van der Waals surface area contributed by atoms with Crippen molar-refractivity contribution >= 4 is 5.69 Å². The minimum absolute atomic E-state index is 0.395. The van der Waals surface area contributed by atoms with E-state index in [2.05, 4.69) is 45.3 Å². The van der Waals surface area contributed by atoms with Crippen molar-refractivity contribution in [3.8, 4) is 0 Å². The van der Waals surface area contributed by atoms with E-state index in [1.54, 1.807) is 12.4 Å². The monoisotopic (exact) mass is 268 g/mol. The van der Waals surface area contributed by atoms with Gasteiger partial charge in [0.25, 0.3) is 0 Å². The standard InChI is InChI=1S/C16H20N4/c1-12(17-2)13-4-5-15-14(10-13)6-9-20(15)11-16-18-7-3-8-19-16/h3-5,7-8,10,12,17H,6,9,11H2,1-2H3. The Balaban J connectivity index is 1.80. The molecule has 20 heavy (non-hydrogen) atoms. The highest BCUT2D eigenvalue weighted by Gasteiger charge is 2.20. The zero-order valence-electron chi connectivity index (χ0n) is 12.0. The Hall–Kier alpha value is -1.94. The van der Waals surface area contributed by atoms with E-state index in [0.29, 0.717) is 6.04 Å². The Bertz CT molecular complexity index is 582. The third-order valence-electron chi connectivity index (χ3n) is 3.98. The summed E-state index contributed by atoms with van der Waals surface area (Å²) in [6, 6.07) is 9.01. The van der Waals surface area contributed by atoms with Crippen LogP contribution < -0.4 is 10.2 Å². The second-order valence-electron chi connectivity index (χ2n) is 5.24. The Morgan fingerprint density at radius 1 is 1.30 bits per heavy atom. The summed E-state index contributed by atoms with van der Waals surface area (Å²) >= 11 is 0. The first-order valence-electron chi connectivity index (χ1n) is 7.09.